The van der Waals surface area contributed by atoms with Crippen LogP contribution in [0.1, 0.15) is 0 Å². The number of hydrogen-bond donors (Lipinski definition) is 9. The summed E-state index contributed by atoms with van der Waals surface area (Å²) in [4.78, 5) is 27.4. The third-order valence-corrected chi connectivity index (χ3v) is 6.52. The molecule has 0 radical (unpaired) electrons. The number of aliphatic hydroxyl groups excluding tert-OH is 5. The molecule has 2 heterocycles. The van der Waals surface area contributed by atoms with Gasteiger partial charge >= 0.3 is 15.6 Å². The minimum Gasteiger partial charge on any atom is -0.394 e. The fraction of sp³-hybridized carbons (Fsp3) is 1.00. The van der Waals surface area contributed by atoms with Crippen LogP contribution in [-0.4, -0.2) is 114 Å². The number of aliphatic hydroxyl groups is 5. The predicted molar refractivity (Wildman–Crippen MR) is 89.1 cm³/mol. The Morgan fingerprint density at radius 2 is 1.57 bits per heavy atom. The largest absolute Gasteiger partial charge is 0.473 e. The molecule has 3 rings (SSSR count). The summed E-state index contributed by atoms with van der Waals surface area (Å²) in [6.07, 6.45) is -17.1. The van der Waals surface area contributed by atoms with Crippen molar-refractivity contribution in [3.05, 3.63) is 0 Å². The Labute approximate surface area is 168 Å². The van der Waals surface area contributed by atoms with Gasteiger partial charge in [0.25, 0.3) is 0 Å². The first-order valence-electron chi connectivity index (χ1n) is 8.59. The van der Waals surface area contributed by atoms with E-state index in [4.69, 9.17) is 29.5 Å². The second-order valence-electron chi connectivity index (χ2n) is 7.04. The van der Waals surface area contributed by atoms with E-state index in [1.807, 2.05) is 0 Å². The molecule has 10 N–H and O–H groups in total. The Morgan fingerprint density at radius 1 is 0.967 bits per heavy atom. The van der Waals surface area contributed by atoms with Gasteiger partial charge in [0, 0.05) is 0 Å². The lowest BCUT2D eigenvalue weighted by Crippen LogP contribution is -2.67. The van der Waals surface area contributed by atoms with E-state index in [1.54, 1.807) is 0 Å². The van der Waals surface area contributed by atoms with Crippen LogP contribution in [0.4, 0.5) is 0 Å². The van der Waals surface area contributed by atoms with Gasteiger partial charge < -0.3 is 55.4 Å². The molecule has 1 aliphatic carbocycles. The maximum Gasteiger partial charge on any atom is 0.473 e. The minimum absolute atomic E-state index is 0.889. The molecule has 1 unspecified atom stereocenters. The molecule has 16 nitrogen and oxygen atoms in total. The van der Waals surface area contributed by atoms with Crippen molar-refractivity contribution in [2.24, 2.45) is 5.73 Å². The molecular formula is C12H23NO15P2. The SMILES string of the molecule is N[C@H]1[C@@H](O[C@@H]2[C@@H](O)[C@H](O)[C@@H](O)[C@H]3OP(=O)(O)O[C@H]32)O[C@H](CO)[C@@H](OP(=O)(O)O)[C@@H]1O. The van der Waals surface area contributed by atoms with Crippen LogP contribution < -0.4 is 5.73 Å². The monoisotopic (exact) mass is 483 g/mol. The summed E-state index contributed by atoms with van der Waals surface area (Å²) in [5.74, 6) is 0. The summed E-state index contributed by atoms with van der Waals surface area (Å²) in [6.45, 7) is -0.889. The van der Waals surface area contributed by atoms with Crippen LogP contribution in [0.3, 0.4) is 0 Å². The molecule has 0 spiro atoms. The van der Waals surface area contributed by atoms with Gasteiger partial charge in [-0.2, -0.15) is 0 Å². The van der Waals surface area contributed by atoms with E-state index in [0.717, 1.165) is 0 Å². The van der Waals surface area contributed by atoms with Crippen molar-refractivity contribution in [3.63, 3.8) is 0 Å². The van der Waals surface area contributed by atoms with E-state index in [1.165, 1.54) is 0 Å². The van der Waals surface area contributed by atoms with Crippen molar-refractivity contribution in [2.75, 3.05) is 6.61 Å². The fourth-order valence-electron chi connectivity index (χ4n) is 3.55. The van der Waals surface area contributed by atoms with Crippen LogP contribution >= 0.6 is 15.6 Å². The summed E-state index contributed by atoms with van der Waals surface area (Å²) in [6, 6.07) is -1.55. The Bertz CT molecular complexity index is 718. The molecule has 0 aromatic carbocycles. The average Bonchev–Trinajstić information content (AvgIpc) is 2.97. The van der Waals surface area contributed by atoms with Gasteiger partial charge in [0.05, 0.1) is 12.6 Å². The van der Waals surface area contributed by atoms with E-state index in [2.05, 4.69) is 9.05 Å². The summed E-state index contributed by atoms with van der Waals surface area (Å²) >= 11 is 0. The lowest BCUT2D eigenvalue weighted by Gasteiger charge is -2.46. The lowest BCUT2D eigenvalue weighted by molar-refractivity contribution is -0.306. The highest BCUT2D eigenvalue weighted by Crippen LogP contribution is 2.56. The van der Waals surface area contributed by atoms with Gasteiger partial charge in [0.2, 0.25) is 0 Å². The van der Waals surface area contributed by atoms with Gasteiger partial charge in [-0.15, -0.1) is 0 Å². The molecular weight excluding hydrogens is 460 g/mol. The zero-order chi connectivity index (χ0) is 22.6. The second-order valence-corrected chi connectivity index (χ2v) is 9.59. The number of ether oxygens (including phenoxy) is 2. The van der Waals surface area contributed by atoms with Gasteiger partial charge in [0.15, 0.2) is 6.29 Å². The predicted octanol–water partition coefficient (Wildman–Crippen LogP) is -4.76. The highest BCUT2D eigenvalue weighted by Gasteiger charge is 2.61. The lowest BCUT2D eigenvalue weighted by atomic mass is 9.84. The Hall–Kier alpha value is -0.100. The van der Waals surface area contributed by atoms with E-state index >= 15 is 0 Å². The number of phosphoric acid groups is 2. The maximum atomic E-state index is 11.7. The molecule has 0 bridgehead atoms. The van der Waals surface area contributed by atoms with Gasteiger partial charge in [-0.25, -0.2) is 9.13 Å². The van der Waals surface area contributed by atoms with Gasteiger partial charge in [0.1, 0.15) is 54.9 Å². The van der Waals surface area contributed by atoms with Gasteiger partial charge in [-0.3, -0.25) is 13.6 Å². The van der Waals surface area contributed by atoms with Gasteiger partial charge in [-0.1, -0.05) is 0 Å². The molecule has 2 saturated heterocycles. The first-order valence-corrected chi connectivity index (χ1v) is 11.6. The normalized spacial score (nSPS) is 52.2. The van der Waals surface area contributed by atoms with Crippen molar-refractivity contribution >= 4 is 15.6 Å². The molecule has 3 aliphatic rings. The van der Waals surface area contributed by atoms with E-state index < -0.39 is 89.5 Å². The van der Waals surface area contributed by atoms with Crippen LogP contribution in [0.2, 0.25) is 0 Å². The van der Waals surface area contributed by atoms with E-state index in [9.17, 15) is 39.6 Å². The van der Waals surface area contributed by atoms with Crippen molar-refractivity contribution in [3.8, 4) is 0 Å². The fourth-order valence-corrected chi connectivity index (χ4v) is 5.28. The number of fused-ring (bicyclic) bond motifs is 1. The van der Waals surface area contributed by atoms with Crippen molar-refractivity contribution in [1.82, 2.24) is 0 Å². The van der Waals surface area contributed by atoms with Crippen LogP contribution in [0.5, 0.6) is 0 Å². The van der Waals surface area contributed by atoms with Crippen LogP contribution in [0.15, 0.2) is 0 Å². The quantitative estimate of drug-likeness (QED) is 0.166. The number of nitrogens with two attached hydrogens (primary N) is 1. The van der Waals surface area contributed by atoms with Crippen LogP contribution in [-0.2, 0) is 32.2 Å². The summed E-state index contributed by atoms with van der Waals surface area (Å²) in [7, 11) is -9.74. The van der Waals surface area contributed by atoms with Crippen molar-refractivity contribution in [2.45, 2.75) is 67.3 Å². The minimum atomic E-state index is -5.10. The van der Waals surface area contributed by atoms with Crippen LogP contribution in [0.25, 0.3) is 0 Å². The van der Waals surface area contributed by atoms with E-state index in [-0.39, 0.29) is 0 Å². The Balaban J connectivity index is 1.80. The Morgan fingerprint density at radius 3 is 2.13 bits per heavy atom. The number of hydrogen-bond acceptors (Lipinski definition) is 13. The summed E-state index contributed by atoms with van der Waals surface area (Å²) in [5, 5.41) is 49.9. The molecule has 0 amide bonds. The Kier molecular flexibility index (Phi) is 7.10. The zero-order valence-electron chi connectivity index (χ0n) is 15.0. The average molecular weight is 483 g/mol. The standard InChI is InChI=1S/C12H23NO15P2/c13-3-4(15)8(26-29(19,20)21)2(1-14)24-12(3)25-9-6(17)5(16)7(18)10-11(9)28-30(22,23)27-10/h2-12,14-18H,1,13H2,(H,22,23)(H2,19,20,21)/t2-,3-,4-,5+,6+,7-,8-,9-,10-,11+,12-/m1/s1. The van der Waals surface area contributed by atoms with E-state index in [0.29, 0.717) is 0 Å². The van der Waals surface area contributed by atoms with Gasteiger partial charge in [-0.05, 0) is 0 Å². The molecule has 18 heteroatoms. The molecule has 176 valence electrons. The highest BCUT2D eigenvalue weighted by molar-refractivity contribution is 7.47. The molecule has 3 fully saturated rings. The topological polar surface area (TPSA) is 268 Å². The van der Waals surface area contributed by atoms with Crippen molar-refractivity contribution < 1.29 is 72.4 Å². The summed E-state index contributed by atoms with van der Waals surface area (Å²) < 4.78 is 47.4. The third kappa shape index (κ3) is 4.79. The summed E-state index contributed by atoms with van der Waals surface area (Å²) in [5.41, 5.74) is 5.78. The molecule has 2 aliphatic heterocycles. The zero-order valence-corrected chi connectivity index (χ0v) is 16.8. The maximum absolute atomic E-state index is 11.7. The second kappa shape index (κ2) is 8.68. The smallest absolute Gasteiger partial charge is 0.394 e. The first kappa shape index (κ1) is 24.5. The molecule has 30 heavy (non-hydrogen) atoms. The highest BCUT2D eigenvalue weighted by atomic mass is 31.2. The number of phosphoric ester groups is 2. The molecule has 0 aromatic heterocycles. The third-order valence-electron chi connectivity index (χ3n) is 4.98. The van der Waals surface area contributed by atoms with Crippen molar-refractivity contribution in [1.29, 1.82) is 0 Å². The first-order chi connectivity index (χ1) is 13.8. The molecule has 0 aromatic rings. The molecule has 12 atom stereocenters. The molecule has 1 saturated carbocycles. The number of rotatable bonds is 5. The van der Waals surface area contributed by atoms with Crippen LogP contribution in [0, 0.1) is 0 Å².